The molecule has 1 aromatic carbocycles. The molecule has 0 unspecified atom stereocenters. The number of amides is 1. The molecule has 0 aliphatic carbocycles. The third kappa shape index (κ3) is 6.05. The zero-order valence-corrected chi connectivity index (χ0v) is 12.6. The number of rotatable bonds is 5. The first-order chi connectivity index (χ1) is 8.67. The highest BCUT2D eigenvalue weighted by Gasteiger charge is 2.17. The van der Waals surface area contributed by atoms with E-state index in [2.05, 4.69) is 5.32 Å². The van der Waals surface area contributed by atoms with E-state index in [9.17, 15) is 9.90 Å². The number of aliphatic hydroxyl groups is 1. The molecule has 0 heterocycles. The van der Waals surface area contributed by atoms with Crippen LogP contribution < -0.4 is 5.32 Å². The number of carbonyl (C=O) groups is 1. The Bertz CT molecular complexity index is 455. The SMILES string of the molecule is Cc1ccc(Cl)cc1NC(=O)CN(C)CC(C)(C)O. The predicted octanol–water partition coefficient (Wildman–Crippen LogP) is 2.29. The average Bonchev–Trinajstić information content (AvgIpc) is 2.20. The molecule has 1 aromatic rings. The molecule has 4 nitrogen and oxygen atoms in total. The van der Waals surface area contributed by atoms with Crippen LogP contribution in [-0.4, -0.2) is 41.7 Å². The van der Waals surface area contributed by atoms with Gasteiger partial charge in [-0.15, -0.1) is 0 Å². The second kappa shape index (κ2) is 6.37. The fraction of sp³-hybridized carbons (Fsp3) is 0.500. The predicted molar refractivity (Wildman–Crippen MR) is 78.6 cm³/mol. The Hall–Kier alpha value is -1.10. The number of aryl methyl sites for hydroxylation is 1. The highest BCUT2D eigenvalue weighted by molar-refractivity contribution is 6.31. The molecule has 106 valence electrons. The van der Waals surface area contributed by atoms with Crippen molar-refractivity contribution in [2.75, 3.05) is 25.5 Å². The molecule has 1 rings (SSSR count). The maximum atomic E-state index is 11.9. The first-order valence-corrected chi connectivity index (χ1v) is 6.52. The molecule has 5 heteroatoms. The number of halogens is 1. The third-order valence-corrected chi connectivity index (χ3v) is 2.78. The molecule has 0 aliphatic rings. The number of nitrogens with one attached hydrogen (secondary N) is 1. The Morgan fingerprint density at radius 2 is 2.11 bits per heavy atom. The minimum atomic E-state index is -0.818. The van der Waals surface area contributed by atoms with Gasteiger partial charge in [0.2, 0.25) is 5.91 Å². The van der Waals surface area contributed by atoms with Gasteiger partial charge in [-0.2, -0.15) is 0 Å². The summed E-state index contributed by atoms with van der Waals surface area (Å²) in [6.07, 6.45) is 0. The fourth-order valence-corrected chi connectivity index (χ4v) is 2.05. The summed E-state index contributed by atoms with van der Waals surface area (Å²) in [6, 6.07) is 5.37. The molecule has 0 atom stereocenters. The number of benzene rings is 1. The van der Waals surface area contributed by atoms with Crippen LogP contribution in [0.3, 0.4) is 0 Å². The largest absolute Gasteiger partial charge is 0.389 e. The van der Waals surface area contributed by atoms with Crippen molar-refractivity contribution in [2.45, 2.75) is 26.4 Å². The van der Waals surface area contributed by atoms with E-state index in [1.807, 2.05) is 13.0 Å². The van der Waals surface area contributed by atoms with Crippen molar-refractivity contribution < 1.29 is 9.90 Å². The van der Waals surface area contributed by atoms with E-state index in [-0.39, 0.29) is 12.5 Å². The summed E-state index contributed by atoms with van der Waals surface area (Å²) in [7, 11) is 1.79. The Labute approximate surface area is 119 Å². The molecule has 2 N–H and O–H groups in total. The van der Waals surface area contributed by atoms with Crippen molar-refractivity contribution in [3.63, 3.8) is 0 Å². The summed E-state index contributed by atoms with van der Waals surface area (Å²) in [5, 5.41) is 13.1. The van der Waals surface area contributed by atoms with Crippen LogP contribution in [0.2, 0.25) is 5.02 Å². The van der Waals surface area contributed by atoms with Gasteiger partial charge in [0.15, 0.2) is 0 Å². The number of hydrogen-bond acceptors (Lipinski definition) is 3. The Kier molecular flexibility index (Phi) is 5.35. The van der Waals surface area contributed by atoms with Crippen LogP contribution in [0.15, 0.2) is 18.2 Å². The van der Waals surface area contributed by atoms with Crippen molar-refractivity contribution in [3.05, 3.63) is 28.8 Å². The lowest BCUT2D eigenvalue weighted by Crippen LogP contribution is -2.40. The molecule has 0 saturated carbocycles. The van der Waals surface area contributed by atoms with Crippen LogP contribution >= 0.6 is 11.6 Å². The van der Waals surface area contributed by atoms with Gasteiger partial charge < -0.3 is 10.4 Å². The van der Waals surface area contributed by atoms with Crippen LogP contribution in [0.4, 0.5) is 5.69 Å². The van der Waals surface area contributed by atoms with Crippen LogP contribution in [0.1, 0.15) is 19.4 Å². The van der Waals surface area contributed by atoms with Crippen molar-refractivity contribution in [1.82, 2.24) is 4.90 Å². The summed E-state index contributed by atoms with van der Waals surface area (Å²) >= 11 is 5.90. The van der Waals surface area contributed by atoms with E-state index in [0.717, 1.165) is 5.56 Å². The minimum Gasteiger partial charge on any atom is -0.389 e. The summed E-state index contributed by atoms with van der Waals surface area (Å²) < 4.78 is 0. The average molecular weight is 285 g/mol. The second-order valence-electron chi connectivity index (χ2n) is 5.49. The van der Waals surface area contributed by atoms with Gasteiger partial charge in [-0.25, -0.2) is 0 Å². The van der Waals surface area contributed by atoms with E-state index in [0.29, 0.717) is 17.3 Å². The van der Waals surface area contributed by atoms with Gasteiger partial charge in [-0.3, -0.25) is 9.69 Å². The highest BCUT2D eigenvalue weighted by atomic mass is 35.5. The molecule has 0 spiro atoms. The van der Waals surface area contributed by atoms with Gasteiger partial charge in [0.25, 0.3) is 0 Å². The van der Waals surface area contributed by atoms with Gasteiger partial charge in [-0.1, -0.05) is 17.7 Å². The van der Waals surface area contributed by atoms with E-state index in [4.69, 9.17) is 11.6 Å². The fourth-order valence-electron chi connectivity index (χ4n) is 1.88. The van der Waals surface area contributed by atoms with Crippen LogP contribution in [0, 0.1) is 6.92 Å². The monoisotopic (exact) mass is 284 g/mol. The zero-order chi connectivity index (χ0) is 14.6. The number of hydrogen-bond donors (Lipinski definition) is 2. The highest BCUT2D eigenvalue weighted by Crippen LogP contribution is 2.20. The molecule has 1 amide bonds. The number of anilines is 1. The van der Waals surface area contributed by atoms with Crippen molar-refractivity contribution in [2.24, 2.45) is 0 Å². The van der Waals surface area contributed by atoms with Crippen molar-refractivity contribution >= 4 is 23.2 Å². The van der Waals surface area contributed by atoms with Crippen LogP contribution in [0.25, 0.3) is 0 Å². The maximum absolute atomic E-state index is 11.9. The quantitative estimate of drug-likeness (QED) is 0.872. The van der Waals surface area contributed by atoms with E-state index in [1.54, 1.807) is 37.9 Å². The summed E-state index contributed by atoms with van der Waals surface area (Å²) in [5.41, 5.74) is 0.859. The maximum Gasteiger partial charge on any atom is 0.238 e. The van der Waals surface area contributed by atoms with Gasteiger partial charge in [-0.05, 0) is 45.5 Å². The van der Waals surface area contributed by atoms with E-state index in [1.165, 1.54) is 0 Å². The van der Waals surface area contributed by atoms with Crippen LogP contribution in [0.5, 0.6) is 0 Å². The summed E-state index contributed by atoms with van der Waals surface area (Å²) in [6.45, 7) is 5.97. The summed E-state index contributed by atoms with van der Waals surface area (Å²) in [5.74, 6) is -0.128. The first kappa shape index (κ1) is 16.0. The number of nitrogens with zero attached hydrogens (tertiary/aromatic N) is 1. The number of likely N-dealkylation sites (N-methyl/N-ethyl adjacent to an activating group) is 1. The second-order valence-corrected chi connectivity index (χ2v) is 5.93. The molecule has 0 fully saturated rings. The van der Waals surface area contributed by atoms with E-state index >= 15 is 0 Å². The lowest BCUT2D eigenvalue weighted by Gasteiger charge is -2.25. The topological polar surface area (TPSA) is 52.6 Å². The molecule has 0 bridgehead atoms. The Morgan fingerprint density at radius 3 is 2.68 bits per heavy atom. The van der Waals surface area contributed by atoms with Gasteiger partial charge in [0.1, 0.15) is 0 Å². The molecule has 0 aliphatic heterocycles. The van der Waals surface area contributed by atoms with Crippen molar-refractivity contribution in [3.8, 4) is 0 Å². The number of carbonyl (C=O) groups excluding carboxylic acids is 1. The lowest BCUT2D eigenvalue weighted by atomic mass is 10.1. The minimum absolute atomic E-state index is 0.128. The summed E-state index contributed by atoms with van der Waals surface area (Å²) in [4.78, 5) is 13.7. The molecule has 0 saturated heterocycles. The van der Waals surface area contributed by atoms with Crippen molar-refractivity contribution in [1.29, 1.82) is 0 Å². The Balaban J connectivity index is 2.58. The van der Waals surface area contributed by atoms with Gasteiger partial charge in [0.05, 0.1) is 12.1 Å². The van der Waals surface area contributed by atoms with E-state index < -0.39 is 5.60 Å². The molecule has 0 radical (unpaired) electrons. The zero-order valence-electron chi connectivity index (χ0n) is 11.8. The molecule has 19 heavy (non-hydrogen) atoms. The normalized spacial score (nSPS) is 11.7. The molecular weight excluding hydrogens is 264 g/mol. The van der Waals surface area contributed by atoms with Gasteiger partial charge >= 0.3 is 0 Å². The lowest BCUT2D eigenvalue weighted by molar-refractivity contribution is -0.117. The first-order valence-electron chi connectivity index (χ1n) is 6.14. The van der Waals surface area contributed by atoms with Crippen LogP contribution in [-0.2, 0) is 4.79 Å². The molecular formula is C14H21ClN2O2. The smallest absolute Gasteiger partial charge is 0.238 e. The third-order valence-electron chi connectivity index (χ3n) is 2.54. The Morgan fingerprint density at radius 1 is 1.47 bits per heavy atom. The standard InChI is InChI=1S/C14H21ClN2O2/c1-10-5-6-11(15)7-12(10)16-13(18)8-17(4)9-14(2,3)19/h5-7,19H,8-9H2,1-4H3,(H,16,18). The molecule has 0 aromatic heterocycles. The van der Waals surface area contributed by atoms with Gasteiger partial charge in [0, 0.05) is 17.3 Å².